The highest BCUT2D eigenvalue weighted by Crippen LogP contribution is 2.14. The molecule has 1 aliphatic heterocycles. The standard InChI is InChI=1S/C15H21ClN2O3/c1-11-10-21-13(9-19)7-18(11)8-15(20)17-6-12-4-2-3-5-14(12)16/h2-5,11,13,19H,6-10H2,1H3,(H,17,20). The summed E-state index contributed by atoms with van der Waals surface area (Å²) in [4.78, 5) is 14.1. The van der Waals surface area contributed by atoms with E-state index in [1.165, 1.54) is 0 Å². The number of carbonyl (C=O) groups excluding carboxylic acids is 1. The Bertz CT molecular complexity index is 484. The highest BCUT2D eigenvalue weighted by molar-refractivity contribution is 6.31. The van der Waals surface area contributed by atoms with Crippen LogP contribution in [0.25, 0.3) is 0 Å². The number of benzene rings is 1. The zero-order chi connectivity index (χ0) is 15.2. The van der Waals surface area contributed by atoms with Crippen molar-refractivity contribution < 1.29 is 14.6 Å². The minimum atomic E-state index is -0.211. The third-order valence-electron chi connectivity index (χ3n) is 3.62. The molecule has 116 valence electrons. The topological polar surface area (TPSA) is 61.8 Å². The van der Waals surface area contributed by atoms with Gasteiger partial charge in [0.05, 0.1) is 25.9 Å². The number of nitrogens with zero attached hydrogens (tertiary/aromatic N) is 1. The van der Waals surface area contributed by atoms with E-state index in [4.69, 9.17) is 21.4 Å². The molecule has 1 saturated heterocycles. The summed E-state index contributed by atoms with van der Waals surface area (Å²) in [5.74, 6) is -0.0552. The second-order valence-electron chi connectivity index (χ2n) is 5.28. The number of amides is 1. The van der Waals surface area contributed by atoms with Crippen molar-refractivity contribution in [2.45, 2.75) is 25.6 Å². The van der Waals surface area contributed by atoms with Crippen molar-refractivity contribution in [2.75, 3.05) is 26.3 Å². The van der Waals surface area contributed by atoms with Gasteiger partial charge in [0.2, 0.25) is 5.91 Å². The largest absolute Gasteiger partial charge is 0.394 e. The summed E-state index contributed by atoms with van der Waals surface area (Å²) < 4.78 is 5.46. The molecule has 5 nitrogen and oxygen atoms in total. The summed E-state index contributed by atoms with van der Waals surface area (Å²) >= 11 is 6.05. The Hall–Kier alpha value is -1.14. The van der Waals surface area contributed by atoms with Gasteiger partial charge in [-0.3, -0.25) is 9.69 Å². The molecule has 2 atom stereocenters. The van der Waals surface area contributed by atoms with Crippen LogP contribution >= 0.6 is 11.6 Å². The predicted molar refractivity (Wildman–Crippen MR) is 81.2 cm³/mol. The Morgan fingerprint density at radius 2 is 2.29 bits per heavy atom. The molecule has 2 unspecified atom stereocenters. The molecule has 1 aromatic carbocycles. The Morgan fingerprint density at radius 3 is 3.00 bits per heavy atom. The smallest absolute Gasteiger partial charge is 0.234 e. The fourth-order valence-electron chi connectivity index (χ4n) is 2.28. The third-order valence-corrected chi connectivity index (χ3v) is 3.99. The minimum Gasteiger partial charge on any atom is -0.394 e. The van der Waals surface area contributed by atoms with Crippen LogP contribution in [0.2, 0.25) is 5.02 Å². The summed E-state index contributed by atoms with van der Waals surface area (Å²) in [5.41, 5.74) is 0.899. The van der Waals surface area contributed by atoms with Gasteiger partial charge in [-0.05, 0) is 18.6 Å². The van der Waals surface area contributed by atoms with Gasteiger partial charge in [-0.2, -0.15) is 0 Å². The first kappa shape index (κ1) is 16.2. The van der Waals surface area contributed by atoms with E-state index in [2.05, 4.69) is 5.32 Å². The fraction of sp³-hybridized carbons (Fsp3) is 0.533. The van der Waals surface area contributed by atoms with Gasteiger partial charge in [-0.25, -0.2) is 0 Å². The molecule has 1 amide bonds. The molecule has 0 saturated carbocycles. The van der Waals surface area contributed by atoms with Crippen molar-refractivity contribution in [1.29, 1.82) is 0 Å². The number of halogens is 1. The van der Waals surface area contributed by atoms with E-state index < -0.39 is 0 Å². The van der Waals surface area contributed by atoms with Crippen molar-refractivity contribution in [1.82, 2.24) is 10.2 Å². The Labute approximate surface area is 129 Å². The van der Waals surface area contributed by atoms with E-state index in [-0.39, 0.29) is 24.7 Å². The molecule has 0 radical (unpaired) electrons. The summed E-state index contributed by atoms with van der Waals surface area (Å²) in [7, 11) is 0. The monoisotopic (exact) mass is 312 g/mol. The van der Waals surface area contributed by atoms with Crippen LogP contribution in [0.5, 0.6) is 0 Å². The quantitative estimate of drug-likeness (QED) is 0.853. The van der Waals surface area contributed by atoms with Crippen molar-refractivity contribution in [3.8, 4) is 0 Å². The molecule has 0 spiro atoms. The number of hydrogen-bond donors (Lipinski definition) is 2. The molecule has 0 aromatic heterocycles. The molecule has 2 N–H and O–H groups in total. The van der Waals surface area contributed by atoms with Crippen LogP contribution in [-0.4, -0.2) is 54.4 Å². The maximum absolute atomic E-state index is 12.0. The van der Waals surface area contributed by atoms with Gasteiger partial charge < -0.3 is 15.2 Å². The van der Waals surface area contributed by atoms with Crippen LogP contribution < -0.4 is 5.32 Å². The first-order chi connectivity index (χ1) is 10.1. The lowest BCUT2D eigenvalue weighted by Crippen LogP contribution is -2.52. The van der Waals surface area contributed by atoms with E-state index >= 15 is 0 Å². The maximum Gasteiger partial charge on any atom is 0.234 e. The Kier molecular flexibility index (Phi) is 5.99. The van der Waals surface area contributed by atoms with Crippen molar-refractivity contribution in [3.05, 3.63) is 34.9 Å². The lowest BCUT2D eigenvalue weighted by Gasteiger charge is -2.36. The van der Waals surface area contributed by atoms with Gasteiger partial charge in [0.15, 0.2) is 0 Å². The van der Waals surface area contributed by atoms with Crippen LogP contribution in [0.15, 0.2) is 24.3 Å². The van der Waals surface area contributed by atoms with Crippen LogP contribution in [0, 0.1) is 0 Å². The maximum atomic E-state index is 12.0. The van der Waals surface area contributed by atoms with Crippen molar-refractivity contribution >= 4 is 17.5 Å². The lowest BCUT2D eigenvalue weighted by atomic mass is 10.2. The zero-order valence-corrected chi connectivity index (χ0v) is 12.8. The molecule has 1 aromatic rings. The summed E-state index contributed by atoms with van der Waals surface area (Å²) in [5, 5.41) is 12.7. The highest BCUT2D eigenvalue weighted by atomic mass is 35.5. The molecule has 0 aliphatic carbocycles. The average molecular weight is 313 g/mol. The Balaban J connectivity index is 1.82. The van der Waals surface area contributed by atoms with E-state index in [0.29, 0.717) is 31.3 Å². The van der Waals surface area contributed by atoms with Crippen LogP contribution in [0.4, 0.5) is 0 Å². The second kappa shape index (κ2) is 7.75. The first-order valence-corrected chi connectivity index (χ1v) is 7.44. The van der Waals surface area contributed by atoms with Crippen molar-refractivity contribution in [2.24, 2.45) is 0 Å². The summed E-state index contributed by atoms with van der Waals surface area (Å²) in [6.45, 7) is 3.80. The molecule has 6 heteroatoms. The molecule has 1 heterocycles. The van der Waals surface area contributed by atoms with Crippen LogP contribution in [0.3, 0.4) is 0 Å². The number of ether oxygens (including phenoxy) is 1. The molecule has 1 aliphatic rings. The third kappa shape index (κ3) is 4.68. The van der Waals surface area contributed by atoms with E-state index in [9.17, 15) is 4.79 Å². The SMILES string of the molecule is CC1COC(CO)CN1CC(=O)NCc1ccccc1Cl. The summed E-state index contributed by atoms with van der Waals surface area (Å²) in [6, 6.07) is 7.61. The second-order valence-corrected chi connectivity index (χ2v) is 5.69. The molecule has 2 rings (SSSR count). The number of nitrogens with one attached hydrogen (secondary N) is 1. The van der Waals surface area contributed by atoms with Gasteiger partial charge in [-0.15, -0.1) is 0 Å². The number of aliphatic hydroxyl groups excluding tert-OH is 1. The van der Waals surface area contributed by atoms with Gasteiger partial charge in [-0.1, -0.05) is 29.8 Å². The Morgan fingerprint density at radius 1 is 1.52 bits per heavy atom. The van der Waals surface area contributed by atoms with E-state index in [1.807, 2.05) is 30.0 Å². The molecule has 21 heavy (non-hydrogen) atoms. The molecule has 0 bridgehead atoms. The van der Waals surface area contributed by atoms with Gasteiger partial charge in [0.1, 0.15) is 0 Å². The van der Waals surface area contributed by atoms with Gasteiger partial charge in [0.25, 0.3) is 0 Å². The van der Waals surface area contributed by atoms with Gasteiger partial charge in [0, 0.05) is 24.2 Å². The predicted octanol–water partition coefficient (Wildman–Crippen LogP) is 1.04. The molecule has 1 fully saturated rings. The fourth-order valence-corrected chi connectivity index (χ4v) is 2.48. The number of carbonyl (C=O) groups is 1. The van der Waals surface area contributed by atoms with Crippen LogP contribution in [0.1, 0.15) is 12.5 Å². The molecular weight excluding hydrogens is 292 g/mol. The molecular formula is C15H21ClN2O3. The zero-order valence-electron chi connectivity index (χ0n) is 12.1. The van der Waals surface area contributed by atoms with Crippen LogP contribution in [-0.2, 0) is 16.1 Å². The van der Waals surface area contributed by atoms with Gasteiger partial charge >= 0.3 is 0 Å². The number of aliphatic hydroxyl groups is 1. The summed E-state index contributed by atoms with van der Waals surface area (Å²) in [6.07, 6.45) is -0.211. The lowest BCUT2D eigenvalue weighted by molar-refractivity contribution is -0.127. The van der Waals surface area contributed by atoms with E-state index in [1.54, 1.807) is 6.07 Å². The average Bonchev–Trinajstić information content (AvgIpc) is 2.48. The number of rotatable bonds is 5. The highest BCUT2D eigenvalue weighted by Gasteiger charge is 2.26. The van der Waals surface area contributed by atoms with Crippen molar-refractivity contribution in [3.63, 3.8) is 0 Å². The van der Waals surface area contributed by atoms with E-state index in [0.717, 1.165) is 5.56 Å². The first-order valence-electron chi connectivity index (χ1n) is 7.06. The normalized spacial score (nSPS) is 23.0. The minimum absolute atomic E-state index is 0.0234. The number of hydrogen-bond acceptors (Lipinski definition) is 4. The number of morpholine rings is 1.